The fourth-order valence-electron chi connectivity index (χ4n) is 2.23. The first-order valence-corrected chi connectivity index (χ1v) is 6.33. The Balaban J connectivity index is 0.00000133. The molecule has 0 atom stereocenters. The lowest BCUT2D eigenvalue weighted by atomic mass is 10.2. The molecule has 3 aromatic rings. The number of para-hydroxylation sites is 2. The number of rotatable bonds is 2. The Labute approximate surface area is 123 Å². The Morgan fingerprint density at radius 3 is 2.47 bits per heavy atom. The zero-order chi connectivity index (χ0) is 12.5. The van der Waals surface area contributed by atoms with Crippen LogP contribution in [0.15, 0.2) is 48.5 Å². The van der Waals surface area contributed by atoms with E-state index in [-0.39, 0.29) is 12.4 Å². The van der Waals surface area contributed by atoms with E-state index in [0.29, 0.717) is 0 Å². The second-order valence-corrected chi connectivity index (χ2v) is 4.88. The molecule has 0 amide bonds. The molecule has 2 aromatic carbocycles. The highest BCUT2D eigenvalue weighted by Gasteiger charge is 2.14. The third kappa shape index (κ3) is 2.75. The maximum atomic E-state index is 5.91. The summed E-state index contributed by atoms with van der Waals surface area (Å²) in [5, 5.41) is 0.777. The number of aryl methyl sites for hydroxylation is 1. The van der Waals surface area contributed by atoms with Gasteiger partial charge in [0.2, 0.25) is 0 Å². The van der Waals surface area contributed by atoms with E-state index in [1.807, 2.05) is 18.2 Å². The van der Waals surface area contributed by atoms with E-state index < -0.39 is 0 Å². The highest BCUT2D eigenvalue weighted by molar-refractivity contribution is 6.30. The van der Waals surface area contributed by atoms with Gasteiger partial charge >= 0.3 is 0 Å². The molecule has 1 N–H and O–H groups in total. The van der Waals surface area contributed by atoms with Crippen LogP contribution in [0.1, 0.15) is 11.4 Å². The van der Waals surface area contributed by atoms with Crippen LogP contribution in [0, 0.1) is 6.92 Å². The Hall–Kier alpha value is -1.51. The van der Waals surface area contributed by atoms with Crippen LogP contribution in [0.5, 0.6) is 0 Å². The molecule has 0 saturated carbocycles. The zero-order valence-corrected chi connectivity index (χ0v) is 12.1. The van der Waals surface area contributed by atoms with Crippen LogP contribution >= 0.6 is 24.0 Å². The fraction of sp³-hybridized carbons (Fsp3) is 0.133. The van der Waals surface area contributed by atoms with Gasteiger partial charge < -0.3 is 0 Å². The van der Waals surface area contributed by atoms with Crippen LogP contribution in [0.4, 0.5) is 0 Å². The lowest BCUT2D eigenvalue weighted by molar-refractivity contribution is -0.668. The number of fused-ring (bicyclic) bond motifs is 1. The van der Waals surface area contributed by atoms with Crippen LogP contribution in [-0.4, -0.2) is 4.98 Å². The summed E-state index contributed by atoms with van der Waals surface area (Å²) < 4.78 is 2.28. The largest absolute Gasteiger partial charge is 0.252 e. The normalized spacial score (nSPS) is 10.4. The third-order valence-electron chi connectivity index (χ3n) is 3.17. The molecule has 0 unspecified atom stereocenters. The summed E-state index contributed by atoms with van der Waals surface area (Å²) in [4.78, 5) is 3.40. The molecule has 0 fully saturated rings. The zero-order valence-electron chi connectivity index (χ0n) is 10.6. The van der Waals surface area contributed by atoms with Crippen molar-refractivity contribution < 1.29 is 4.57 Å². The van der Waals surface area contributed by atoms with Crippen molar-refractivity contribution in [3.63, 3.8) is 0 Å². The van der Waals surface area contributed by atoms with Crippen LogP contribution in [-0.2, 0) is 6.54 Å². The van der Waals surface area contributed by atoms with Gasteiger partial charge in [-0.2, -0.15) is 0 Å². The molecule has 0 aliphatic heterocycles. The van der Waals surface area contributed by atoms with Crippen LogP contribution in [0.3, 0.4) is 0 Å². The number of H-pyrrole nitrogens is 1. The molecule has 0 aliphatic rings. The maximum absolute atomic E-state index is 5.91. The third-order valence-corrected chi connectivity index (χ3v) is 3.42. The van der Waals surface area contributed by atoms with Gasteiger partial charge in [0.15, 0.2) is 11.0 Å². The molecular weight excluding hydrogens is 279 g/mol. The van der Waals surface area contributed by atoms with Crippen LogP contribution in [0.25, 0.3) is 11.0 Å². The molecule has 3 rings (SSSR count). The predicted octanol–water partition coefficient (Wildman–Crippen LogP) is 3.89. The van der Waals surface area contributed by atoms with Gasteiger partial charge in [0.1, 0.15) is 6.54 Å². The molecule has 2 nitrogen and oxygen atoms in total. The minimum Gasteiger partial charge on any atom is -0.241 e. The van der Waals surface area contributed by atoms with Crippen LogP contribution in [0.2, 0.25) is 5.02 Å². The Morgan fingerprint density at radius 1 is 1.05 bits per heavy atom. The molecule has 4 heteroatoms. The molecule has 19 heavy (non-hydrogen) atoms. The molecular formula is C15H15Cl2N2+. The lowest BCUT2D eigenvalue weighted by Crippen LogP contribution is -2.36. The van der Waals surface area contributed by atoms with Crippen molar-refractivity contribution in [3.8, 4) is 0 Å². The first-order chi connectivity index (χ1) is 8.74. The maximum Gasteiger partial charge on any atom is 0.252 e. The molecule has 0 saturated heterocycles. The average Bonchev–Trinajstić information content (AvgIpc) is 2.69. The second-order valence-electron chi connectivity index (χ2n) is 4.44. The van der Waals surface area contributed by atoms with Gasteiger partial charge in [-0.1, -0.05) is 35.9 Å². The standard InChI is InChI=1S/C15H13ClN2.ClH/c1-11-17-14-4-2-3-5-15(14)18(11)10-12-6-8-13(16)9-7-12;/h2-9H,10H2,1H3;1H/p+1. The van der Waals surface area contributed by atoms with Crippen LogP contribution < -0.4 is 4.57 Å². The van der Waals surface area contributed by atoms with E-state index in [4.69, 9.17) is 11.6 Å². The van der Waals surface area contributed by atoms with Gasteiger partial charge in [-0.15, -0.1) is 12.4 Å². The summed E-state index contributed by atoms with van der Waals surface area (Å²) in [6.45, 7) is 2.95. The Morgan fingerprint density at radius 2 is 1.74 bits per heavy atom. The summed E-state index contributed by atoms with van der Waals surface area (Å²) >= 11 is 5.91. The topological polar surface area (TPSA) is 19.7 Å². The van der Waals surface area contributed by atoms with Crippen molar-refractivity contribution in [2.45, 2.75) is 13.5 Å². The highest BCUT2D eigenvalue weighted by atomic mass is 35.5. The number of nitrogens with zero attached hydrogens (tertiary/aromatic N) is 1. The predicted molar refractivity (Wildman–Crippen MR) is 81.0 cm³/mol. The molecule has 0 bridgehead atoms. The molecule has 1 aromatic heterocycles. The Kier molecular flexibility index (Phi) is 4.13. The van der Waals surface area contributed by atoms with Gasteiger partial charge in [0.05, 0.1) is 0 Å². The van der Waals surface area contributed by atoms with E-state index in [1.165, 1.54) is 16.6 Å². The first-order valence-electron chi connectivity index (χ1n) is 5.95. The van der Waals surface area contributed by atoms with Crippen molar-refractivity contribution in [3.05, 3.63) is 64.9 Å². The monoisotopic (exact) mass is 293 g/mol. The molecule has 0 aliphatic carbocycles. The number of halogens is 2. The molecule has 1 heterocycles. The minimum atomic E-state index is 0. The summed E-state index contributed by atoms with van der Waals surface area (Å²) in [6.07, 6.45) is 0. The van der Waals surface area contributed by atoms with Crippen molar-refractivity contribution in [2.75, 3.05) is 0 Å². The quantitative estimate of drug-likeness (QED) is 0.692. The van der Waals surface area contributed by atoms with Gasteiger partial charge in [-0.3, -0.25) is 0 Å². The lowest BCUT2D eigenvalue weighted by Gasteiger charge is -2.01. The van der Waals surface area contributed by atoms with Gasteiger partial charge in [0.25, 0.3) is 5.82 Å². The van der Waals surface area contributed by atoms with Crippen molar-refractivity contribution in [2.24, 2.45) is 0 Å². The summed E-state index contributed by atoms with van der Waals surface area (Å²) in [5.74, 6) is 1.16. The summed E-state index contributed by atoms with van der Waals surface area (Å²) in [5.41, 5.74) is 3.64. The number of nitrogens with one attached hydrogen (secondary N) is 1. The van der Waals surface area contributed by atoms with E-state index in [9.17, 15) is 0 Å². The number of hydrogen-bond donors (Lipinski definition) is 1. The average molecular weight is 294 g/mol. The minimum absolute atomic E-state index is 0. The van der Waals surface area contributed by atoms with Crippen molar-refractivity contribution in [1.29, 1.82) is 0 Å². The summed E-state index contributed by atoms with van der Waals surface area (Å²) in [7, 11) is 0. The SMILES string of the molecule is Cc1[nH]c2ccccc2[n+]1Cc1ccc(Cl)cc1.Cl. The number of benzene rings is 2. The van der Waals surface area contributed by atoms with Crippen molar-refractivity contribution >= 4 is 35.0 Å². The van der Waals surface area contributed by atoms with Crippen molar-refractivity contribution in [1.82, 2.24) is 4.98 Å². The smallest absolute Gasteiger partial charge is 0.241 e. The van der Waals surface area contributed by atoms with Gasteiger partial charge in [-0.25, -0.2) is 9.55 Å². The number of aromatic nitrogens is 2. The fourth-order valence-corrected chi connectivity index (χ4v) is 2.36. The molecule has 0 spiro atoms. The van der Waals surface area contributed by atoms with Gasteiger partial charge in [0, 0.05) is 11.9 Å². The number of aromatic amines is 1. The Bertz CT molecular complexity index is 687. The van der Waals surface area contributed by atoms with E-state index >= 15 is 0 Å². The summed E-state index contributed by atoms with van der Waals surface area (Å²) in [6, 6.07) is 16.3. The number of hydrogen-bond acceptors (Lipinski definition) is 0. The number of imidazole rings is 1. The van der Waals surface area contributed by atoms with E-state index in [2.05, 4.69) is 46.8 Å². The highest BCUT2D eigenvalue weighted by Crippen LogP contribution is 2.12. The molecule has 98 valence electrons. The first kappa shape index (κ1) is 13.9. The van der Waals surface area contributed by atoms with E-state index in [1.54, 1.807) is 0 Å². The second kappa shape index (κ2) is 5.64. The van der Waals surface area contributed by atoms with E-state index in [0.717, 1.165) is 17.4 Å². The molecule has 0 radical (unpaired) electrons. The van der Waals surface area contributed by atoms with Gasteiger partial charge in [-0.05, 0) is 29.8 Å².